The minimum atomic E-state index is -0.572. The molecule has 4 heteroatoms. The smallest absolute Gasteiger partial charge is 0.178 e. The predicted octanol–water partition coefficient (Wildman–Crippen LogP) is 2.06. The van der Waals surface area contributed by atoms with Gasteiger partial charge in [-0.3, -0.25) is 9.69 Å². The van der Waals surface area contributed by atoms with Crippen LogP contribution in [0.1, 0.15) is 47.9 Å². The fraction of sp³-hybridized carbons (Fsp3) is 0.688. The number of hydrogen-bond donors (Lipinski definition) is 1. The zero-order valence-electron chi connectivity index (χ0n) is 13.1. The van der Waals surface area contributed by atoms with Crippen LogP contribution in [-0.4, -0.2) is 45.6 Å². The Morgan fingerprint density at radius 3 is 2.65 bits per heavy atom. The highest BCUT2D eigenvalue weighted by Crippen LogP contribution is 2.22. The Morgan fingerprint density at radius 2 is 2.05 bits per heavy atom. The average Bonchev–Trinajstić information content (AvgIpc) is 2.54. The molecule has 0 aromatic carbocycles. The fourth-order valence-electron chi connectivity index (χ4n) is 2.90. The largest absolute Gasteiger partial charge is 0.390 e. The first-order valence-electron chi connectivity index (χ1n) is 7.41. The number of aromatic nitrogens is 1. The van der Waals surface area contributed by atoms with Gasteiger partial charge in [-0.25, -0.2) is 0 Å². The van der Waals surface area contributed by atoms with Gasteiger partial charge in [0.05, 0.1) is 12.1 Å². The molecule has 1 N–H and O–H groups in total. The summed E-state index contributed by atoms with van der Waals surface area (Å²) < 4.78 is 2.06. The second kappa shape index (κ2) is 5.70. The van der Waals surface area contributed by atoms with Gasteiger partial charge < -0.3 is 9.67 Å². The maximum atomic E-state index is 12.5. The highest BCUT2D eigenvalue weighted by molar-refractivity contribution is 5.99. The van der Waals surface area contributed by atoms with Crippen molar-refractivity contribution in [2.24, 2.45) is 7.05 Å². The Kier molecular flexibility index (Phi) is 4.35. The molecular formula is C16H26N2O2. The van der Waals surface area contributed by atoms with Gasteiger partial charge in [0.2, 0.25) is 0 Å². The maximum Gasteiger partial charge on any atom is 0.178 e. The Morgan fingerprint density at radius 1 is 1.35 bits per heavy atom. The van der Waals surface area contributed by atoms with Gasteiger partial charge >= 0.3 is 0 Å². The first-order valence-corrected chi connectivity index (χ1v) is 7.41. The molecule has 0 radical (unpaired) electrons. The number of hydrogen-bond acceptors (Lipinski definition) is 3. The second-order valence-electron chi connectivity index (χ2n) is 6.39. The third-order valence-corrected chi connectivity index (χ3v) is 4.60. The zero-order valence-corrected chi connectivity index (χ0v) is 13.1. The lowest BCUT2D eigenvalue weighted by Gasteiger charge is -2.21. The van der Waals surface area contributed by atoms with Crippen LogP contribution < -0.4 is 0 Å². The zero-order chi connectivity index (χ0) is 14.9. The van der Waals surface area contributed by atoms with Crippen molar-refractivity contribution >= 4 is 5.78 Å². The summed E-state index contributed by atoms with van der Waals surface area (Å²) >= 11 is 0. The summed E-state index contributed by atoms with van der Waals surface area (Å²) in [5.74, 6) is 0.188. The first-order chi connectivity index (χ1) is 9.30. The van der Waals surface area contributed by atoms with E-state index < -0.39 is 5.60 Å². The second-order valence-corrected chi connectivity index (χ2v) is 6.39. The predicted molar refractivity (Wildman–Crippen MR) is 80.1 cm³/mol. The lowest BCUT2D eigenvalue weighted by molar-refractivity contribution is 0.0444. The summed E-state index contributed by atoms with van der Waals surface area (Å²) in [6, 6.07) is 1.98. The van der Waals surface area contributed by atoms with Crippen LogP contribution in [-0.2, 0) is 7.05 Å². The number of Topliss-reactive ketones (excluding diaryl/α,β-unsaturated/α-hetero) is 1. The molecular weight excluding hydrogens is 252 g/mol. The molecule has 1 aromatic heterocycles. The van der Waals surface area contributed by atoms with E-state index in [1.807, 2.05) is 33.9 Å². The normalized spacial score (nSPS) is 24.6. The minimum absolute atomic E-state index is 0.188. The molecule has 20 heavy (non-hydrogen) atoms. The van der Waals surface area contributed by atoms with Crippen LogP contribution in [0.25, 0.3) is 0 Å². The van der Waals surface area contributed by atoms with Crippen LogP contribution in [0, 0.1) is 13.8 Å². The fourth-order valence-corrected chi connectivity index (χ4v) is 2.90. The van der Waals surface area contributed by atoms with E-state index in [9.17, 15) is 9.90 Å². The molecule has 4 nitrogen and oxygen atoms in total. The number of aryl methyl sites for hydroxylation is 1. The monoisotopic (exact) mass is 278 g/mol. The van der Waals surface area contributed by atoms with Crippen LogP contribution in [0.5, 0.6) is 0 Å². The van der Waals surface area contributed by atoms with Gasteiger partial charge in [-0.1, -0.05) is 0 Å². The van der Waals surface area contributed by atoms with E-state index in [-0.39, 0.29) is 5.78 Å². The topological polar surface area (TPSA) is 45.5 Å². The maximum absolute atomic E-state index is 12.5. The SMILES string of the molecule is Cc1cc(C(=O)CN2CCCC(C)(O)CC2)c(C)n1C. The van der Waals surface area contributed by atoms with Crippen molar-refractivity contribution in [1.82, 2.24) is 9.47 Å². The van der Waals surface area contributed by atoms with Crippen molar-refractivity contribution in [3.8, 4) is 0 Å². The van der Waals surface area contributed by atoms with E-state index in [1.165, 1.54) is 0 Å². The van der Waals surface area contributed by atoms with E-state index in [1.54, 1.807) is 0 Å². The number of rotatable bonds is 3. The molecule has 1 aliphatic rings. The molecule has 2 rings (SSSR count). The van der Waals surface area contributed by atoms with Gasteiger partial charge in [-0.2, -0.15) is 0 Å². The number of ketones is 1. The Hall–Kier alpha value is -1.13. The summed E-state index contributed by atoms with van der Waals surface area (Å²) in [6.07, 6.45) is 2.52. The van der Waals surface area contributed by atoms with Gasteiger partial charge in [0.1, 0.15) is 0 Å². The number of aliphatic hydroxyl groups is 1. The number of likely N-dealkylation sites (tertiary alicyclic amines) is 1. The summed E-state index contributed by atoms with van der Waals surface area (Å²) in [5.41, 5.74) is 2.41. The summed E-state index contributed by atoms with van der Waals surface area (Å²) in [7, 11) is 1.99. The van der Waals surface area contributed by atoms with Crippen molar-refractivity contribution in [2.75, 3.05) is 19.6 Å². The molecule has 0 amide bonds. The summed E-state index contributed by atoms with van der Waals surface area (Å²) in [6.45, 7) is 8.06. The van der Waals surface area contributed by atoms with Gasteiger partial charge in [0.15, 0.2) is 5.78 Å². The third kappa shape index (κ3) is 3.30. The average molecular weight is 278 g/mol. The number of nitrogens with zero attached hydrogens (tertiary/aromatic N) is 2. The summed E-state index contributed by atoms with van der Waals surface area (Å²) in [4.78, 5) is 14.6. The molecule has 112 valence electrons. The molecule has 1 atom stereocenters. The van der Waals surface area contributed by atoms with E-state index in [2.05, 4.69) is 9.47 Å². The molecule has 0 saturated carbocycles. The van der Waals surface area contributed by atoms with Gasteiger partial charge in [0, 0.05) is 30.5 Å². The summed E-state index contributed by atoms with van der Waals surface area (Å²) in [5, 5.41) is 10.1. The minimum Gasteiger partial charge on any atom is -0.390 e. The molecule has 1 aromatic rings. The molecule has 1 saturated heterocycles. The quantitative estimate of drug-likeness (QED) is 0.861. The van der Waals surface area contributed by atoms with E-state index >= 15 is 0 Å². The van der Waals surface area contributed by atoms with Crippen LogP contribution >= 0.6 is 0 Å². The number of carbonyl (C=O) groups is 1. The highest BCUT2D eigenvalue weighted by Gasteiger charge is 2.26. The van der Waals surface area contributed by atoms with Crippen molar-refractivity contribution in [2.45, 2.75) is 45.6 Å². The lowest BCUT2D eigenvalue weighted by Crippen LogP contribution is -2.32. The van der Waals surface area contributed by atoms with E-state index in [4.69, 9.17) is 0 Å². The molecule has 2 heterocycles. The van der Waals surface area contributed by atoms with Crippen molar-refractivity contribution < 1.29 is 9.90 Å². The van der Waals surface area contributed by atoms with Gasteiger partial charge in [0.25, 0.3) is 0 Å². The molecule has 0 spiro atoms. The van der Waals surface area contributed by atoms with Crippen LogP contribution in [0.15, 0.2) is 6.07 Å². The van der Waals surface area contributed by atoms with E-state index in [0.29, 0.717) is 6.54 Å². The third-order valence-electron chi connectivity index (χ3n) is 4.60. The first kappa shape index (κ1) is 15.3. The van der Waals surface area contributed by atoms with Gasteiger partial charge in [-0.05, 0) is 52.6 Å². The Balaban J connectivity index is 2.02. The molecule has 0 bridgehead atoms. The lowest BCUT2D eigenvalue weighted by atomic mass is 9.98. The molecule has 1 fully saturated rings. The van der Waals surface area contributed by atoms with Crippen LogP contribution in [0.4, 0.5) is 0 Å². The number of carbonyl (C=O) groups excluding carboxylic acids is 1. The van der Waals surface area contributed by atoms with Crippen LogP contribution in [0.3, 0.4) is 0 Å². The van der Waals surface area contributed by atoms with Crippen molar-refractivity contribution in [3.05, 3.63) is 23.0 Å². The van der Waals surface area contributed by atoms with Crippen molar-refractivity contribution in [3.63, 3.8) is 0 Å². The molecule has 1 unspecified atom stereocenters. The van der Waals surface area contributed by atoms with E-state index in [0.717, 1.165) is 49.3 Å². The standard InChI is InChI=1S/C16H26N2O2/c1-12-10-14(13(2)17(12)4)15(19)11-18-8-5-6-16(3,20)7-9-18/h10,20H,5-9,11H2,1-4H3. The molecule has 1 aliphatic heterocycles. The van der Waals surface area contributed by atoms with Gasteiger partial charge in [-0.15, -0.1) is 0 Å². The highest BCUT2D eigenvalue weighted by atomic mass is 16.3. The van der Waals surface area contributed by atoms with Crippen molar-refractivity contribution in [1.29, 1.82) is 0 Å². The molecule has 0 aliphatic carbocycles. The Bertz CT molecular complexity index is 503. The van der Waals surface area contributed by atoms with Crippen LogP contribution in [0.2, 0.25) is 0 Å². The Labute approximate surface area is 121 Å².